The van der Waals surface area contributed by atoms with Crippen LogP contribution in [0.25, 0.3) is 0 Å². The van der Waals surface area contributed by atoms with Crippen LogP contribution in [0.5, 0.6) is 0 Å². The summed E-state index contributed by atoms with van der Waals surface area (Å²) in [4.78, 5) is 12.2. The van der Waals surface area contributed by atoms with Gasteiger partial charge in [0.15, 0.2) is 0 Å². The van der Waals surface area contributed by atoms with Crippen molar-refractivity contribution in [2.75, 3.05) is 5.32 Å². The number of urea groups is 1. The lowest BCUT2D eigenvalue weighted by atomic mass is 10.0. The predicted octanol–water partition coefficient (Wildman–Crippen LogP) is 4.19. The highest BCUT2D eigenvalue weighted by Crippen LogP contribution is 2.24. The molecule has 2 rings (SSSR count). The number of aliphatic hydroxyl groups excluding tert-OH is 1. The zero-order chi connectivity index (χ0) is 17.7. The summed E-state index contributed by atoms with van der Waals surface area (Å²) in [6.45, 7) is 5.81. The summed E-state index contributed by atoms with van der Waals surface area (Å²) in [6.07, 6.45) is -0.920. The highest BCUT2D eigenvalue weighted by atomic mass is 19.1. The minimum absolute atomic E-state index is 0.281. The number of hydrogen-bond acceptors (Lipinski definition) is 2. The number of amides is 2. The van der Waals surface area contributed by atoms with Crippen LogP contribution in [0.15, 0.2) is 48.5 Å². The zero-order valence-electron chi connectivity index (χ0n) is 14.1. The first-order chi connectivity index (χ1) is 11.4. The Morgan fingerprint density at radius 1 is 1.04 bits per heavy atom. The summed E-state index contributed by atoms with van der Waals surface area (Å²) in [5.41, 5.74) is 2.33. The first kappa shape index (κ1) is 17.9. The molecule has 4 nitrogen and oxygen atoms in total. The van der Waals surface area contributed by atoms with Crippen molar-refractivity contribution in [3.05, 3.63) is 65.5 Å². The second-order valence-electron chi connectivity index (χ2n) is 6.13. The van der Waals surface area contributed by atoms with Crippen molar-refractivity contribution in [2.45, 2.75) is 38.8 Å². The maximum Gasteiger partial charge on any atom is 0.319 e. The van der Waals surface area contributed by atoms with Crippen molar-refractivity contribution >= 4 is 11.7 Å². The summed E-state index contributed by atoms with van der Waals surface area (Å²) in [5.74, 6) is -0.0849. The first-order valence-corrected chi connectivity index (χ1v) is 7.98. The molecule has 2 aromatic carbocycles. The highest BCUT2D eigenvalue weighted by Gasteiger charge is 2.19. The Balaban J connectivity index is 2.00. The van der Waals surface area contributed by atoms with E-state index in [-0.39, 0.29) is 11.7 Å². The standard InChI is InChI=1S/C19H23FN2O2/c1-12(2)16-6-4-5-7-17(16)22-19(24)21-13(3)18(23)14-8-10-15(20)11-9-14/h4-13,18,23H,1-3H3,(H2,21,22,24). The molecule has 0 saturated carbocycles. The number of benzene rings is 2. The van der Waals surface area contributed by atoms with Gasteiger partial charge in [-0.1, -0.05) is 44.2 Å². The second-order valence-corrected chi connectivity index (χ2v) is 6.13. The number of carbonyl (C=O) groups excluding carboxylic acids is 1. The molecule has 5 heteroatoms. The fourth-order valence-electron chi connectivity index (χ4n) is 2.51. The van der Waals surface area contributed by atoms with Crippen molar-refractivity contribution in [3.8, 4) is 0 Å². The average molecular weight is 330 g/mol. The molecule has 0 fully saturated rings. The Kier molecular flexibility index (Phi) is 5.93. The van der Waals surface area contributed by atoms with Crippen molar-refractivity contribution in [3.63, 3.8) is 0 Å². The Hall–Kier alpha value is -2.40. The number of aliphatic hydroxyl groups is 1. The summed E-state index contributed by atoms with van der Waals surface area (Å²) >= 11 is 0. The van der Waals surface area contributed by atoms with Gasteiger partial charge in [-0.3, -0.25) is 0 Å². The smallest absolute Gasteiger partial charge is 0.319 e. The Morgan fingerprint density at radius 2 is 1.67 bits per heavy atom. The van der Waals surface area contributed by atoms with E-state index in [1.165, 1.54) is 24.3 Å². The number of halogens is 1. The van der Waals surface area contributed by atoms with E-state index in [0.717, 1.165) is 11.3 Å². The summed E-state index contributed by atoms with van der Waals surface area (Å²) < 4.78 is 12.9. The number of hydrogen-bond donors (Lipinski definition) is 3. The van der Waals surface area contributed by atoms with Gasteiger partial charge in [0.1, 0.15) is 5.82 Å². The van der Waals surface area contributed by atoms with Crippen LogP contribution in [0.1, 0.15) is 43.9 Å². The van der Waals surface area contributed by atoms with E-state index in [1.54, 1.807) is 6.92 Å². The molecular weight excluding hydrogens is 307 g/mol. The number of para-hydroxylation sites is 1. The number of rotatable bonds is 5. The van der Waals surface area contributed by atoms with Crippen molar-refractivity contribution < 1.29 is 14.3 Å². The van der Waals surface area contributed by atoms with Gasteiger partial charge in [-0.05, 0) is 42.2 Å². The molecule has 0 saturated heterocycles. The van der Waals surface area contributed by atoms with E-state index in [2.05, 4.69) is 24.5 Å². The van der Waals surface area contributed by atoms with Gasteiger partial charge in [0.2, 0.25) is 0 Å². The molecule has 2 atom stereocenters. The van der Waals surface area contributed by atoms with Gasteiger partial charge in [0.05, 0.1) is 12.1 Å². The first-order valence-electron chi connectivity index (χ1n) is 7.98. The van der Waals surface area contributed by atoms with Gasteiger partial charge in [-0.2, -0.15) is 0 Å². The zero-order valence-corrected chi connectivity index (χ0v) is 14.1. The molecule has 24 heavy (non-hydrogen) atoms. The van der Waals surface area contributed by atoms with E-state index in [9.17, 15) is 14.3 Å². The summed E-state index contributed by atoms with van der Waals surface area (Å²) in [5, 5.41) is 15.8. The number of carbonyl (C=O) groups is 1. The maximum absolute atomic E-state index is 12.9. The van der Waals surface area contributed by atoms with E-state index >= 15 is 0 Å². The molecule has 0 bridgehead atoms. The lowest BCUT2D eigenvalue weighted by Gasteiger charge is -2.21. The Morgan fingerprint density at radius 3 is 2.29 bits per heavy atom. The van der Waals surface area contributed by atoms with Crippen LogP contribution in [0, 0.1) is 5.82 Å². The summed E-state index contributed by atoms with van der Waals surface area (Å²) in [6, 6.07) is 12.3. The molecular formula is C19H23FN2O2. The minimum Gasteiger partial charge on any atom is -0.386 e. The Bertz CT molecular complexity index is 686. The lowest BCUT2D eigenvalue weighted by Crippen LogP contribution is -2.39. The SMILES string of the molecule is CC(C)c1ccccc1NC(=O)NC(C)C(O)c1ccc(F)cc1. The fourth-order valence-corrected chi connectivity index (χ4v) is 2.51. The van der Waals surface area contributed by atoms with Crippen molar-refractivity contribution in [2.24, 2.45) is 0 Å². The number of anilines is 1. The molecule has 0 aromatic heterocycles. The van der Waals surface area contributed by atoms with Gasteiger partial charge in [-0.25, -0.2) is 9.18 Å². The van der Waals surface area contributed by atoms with E-state index in [0.29, 0.717) is 5.56 Å². The van der Waals surface area contributed by atoms with Crippen molar-refractivity contribution in [1.29, 1.82) is 0 Å². The molecule has 3 N–H and O–H groups in total. The fraction of sp³-hybridized carbons (Fsp3) is 0.316. The van der Waals surface area contributed by atoms with E-state index in [1.807, 2.05) is 24.3 Å². The van der Waals surface area contributed by atoms with Gasteiger partial charge < -0.3 is 15.7 Å². The number of nitrogens with one attached hydrogen (secondary N) is 2. The molecule has 2 aromatic rings. The quantitative estimate of drug-likeness (QED) is 0.770. The molecule has 0 aliphatic heterocycles. The van der Waals surface area contributed by atoms with Crippen LogP contribution in [0.2, 0.25) is 0 Å². The molecule has 128 valence electrons. The van der Waals surface area contributed by atoms with Crippen LogP contribution in [0.3, 0.4) is 0 Å². The van der Waals surface area contributed by atoms with Gasteiger partial charge in [0, 0.05) is 5.69 Å². The van der Waals surface area contributed by atoms with Gasteiger partial charge in [-0.15, -0.1) is 0 Å². The van der Waals surface area contributed by atoms with Gasteiger partial charge in [0.25, 0.3) is 0 Å². The lowest BCUT2D eigenvalue weighted by molar-refractivity contribution is 0.139. The average Bonchev–Trinajstić information content (AvgIpc) is 2.55. The van der Waals surface area contributed by atoms with Crippen LogP contribution in [-0.2, 0) is 0 Å². The van der Waals surface area contributed by atoms with E-state index in [4.69, 9.17) is 0 Å². The molecule has 0 spiro atoms. The molecule has 0 radical (unpaired) electrons. The normalized spacial score (nSPS) is 13.4. The molecule has 0 aliphatic rings. The largest absolute Gasteiger partial charge is 0.386 e. The van der Waals surface area contributed by atoms with Crippen LogP contribution < -0.4 is 10.6 Å². The van der Waals surface area contributed by atoms with Crippen molar-refractivity contribution in [1.82, 2.24) is 5.32 Å². The monoisotopic (exact) mass is 330 g/mol. The Labute approximate surface area is 141 Å². The minimum atomic E-state index is -0.920. The highest BCUT2D eigenvalue weighted by molar-refractivity contribution is 5.90. The molecule has 2 amide bonds. The van der Waals surface area contributed by atoms with E-state index < -0.39 is 18.2 Å². The molecule has 2 unspecified atom stereocenters. The molecule has 0 heterocycles. The third kappa shape index (κ3) is 4.55. The summed E-state index contributed by atoms with van der Waals surface area (Å²) in [7, 11) is 0. The maximum atomic E-state index is 12.9. The van der Waals surface area contributed by atoms with Crippen LogP contribution >= 0.6 is 0 Å². The second kappa shape index (κ2) is 7.93. The topological polar surface area (TPSA) is 61.4 Å². The predicted molar refractivity (Wildman–Crippen MR) is 93.5 cm³/mol. The van der Waals surface area contributed by atoms with Crippen LogP contribution in [0.4, 0.5) is 14.9 Å². The molecule has 0 aliphatic carbocycles. The van der Waals surface area contributed by atoms with Gasteiger partial charge >= 0.3 is 6.03 Å². The third-order valence-electron chi connectivity index (χ3n) is 3.87. The van der Waals surface area contributed by atoms with Crippen LogP contribution in [-0.4, -0.2) is 17.2 Å². The third-order valence-corrected chi connectivity index (χ3v) is 3.87.